The molecule has 27 heavy (non-hydrogen) atoms. The molecule has 0 spiro atoms. The van der Waals surface area contributed by atoms with Crippen molar-refractivity contribution in [3.8, 4) is 0 Å². The minimum Gasteiger partial charge on any atom is -0.424 e. The monoisotopic (exact) mass is 363 g/mol. The van der Waals surface area contributed by atoms with Gasteiger partial charge in [-0.15, -0.1) is 0 Å². The van der Waals surface area contributed by atoms with E-state index in [4.69, 9.17) is 9.40 Å². The van der Waals surface area contributed by atoms with Gasteiger partial charge in [0, 0.05) is 6.54 Å². The predicted molar refractivity (Wildman–Crippen MR) is 111 cm³/mol. The minimum atomic E-state index is 0.168. The molecule has 0 radical (unpaired) electrons. The van der Waals surface area contributed by atoms with E-state index < -0.39 is 0 Å². The highest BCUT2D eigenvalue weighted by atomic mass is 16.4. The molecule has 1 N–H and O–H groups in total. The molecule has 0 aliphatic carbocycles. The summed E-state index contributed by atoms with van der Waals surface area (Å²) in [5.41, 5.74) is 4.32. The van der Waals surface area contributed by atoms with E-state index >= 15 is 0 Å². The minimum absolute atomic E-state index is 0.168. The molecule has 4 nitrogen and oxygen atoms in total. The number of hydrogen-bond acceptors (Lipinski definition) is 4. The van der Waals surface area contributed by atoms with Gasteiger partial charge in [-0.1, -0.05) is 56.7 Å². The lowest BCUT2D eigenvalue weighted by atomic mass is 10.0. The van der Waals surface area contributed by atoms with Crippen molar-refractivity contribution < 1.29 is 4.42 Å². The molecule has 0 bridgehead atoms. The van der Waals surface area contributed by atoms with E-state index in [2.05, 4.69) is 66.5 Å². The zero-order valence-electron chi connectivity index (χ0n) is 16.3. The highest BCUT2D eigenvalue weighted by Crippen LogP contribution is 2.27. The maximum atomic E-state index is 6.00. The zero-order valence-corrected chi connectivity index (χ0v) is 16.3. The SMILES string of the molecule is CC(C)c1ccc2oc(N[C@@H](CN3CCCCC3)c3ccccc3)nc2c1. The normalized spacial score (nSPS) is 16.7. The van der Waals surface area contributed by atoms with Gasteiger partial charge in [-0.2, -0.15) is 4.98 Å². The van der Waals surface area contributed by atoms with Crippen molar-refractivity contribution in [1.29, 1.82) is 0 Å². The molecule has 1 aromatic heterocycles. The third-order valence-electron chi connectivity index (χ3n) is 5.47. The number of piperidine rings is 1. The molecule has 2 aromatic carbocycles. The summed E-state index contributed by atoms with van der Waals surface area (Å²) in [7, 11) is 0. The lowest BCUT2D eigenvalue weighted by Gasteiger charge is -2.30. The number of aromatic nitrogens is 1. The molecule has 1 atom stereocenters. The third kappa shape index (κ3) is 4.33. The fraction of sp³-hybridized carbons (Fsp3) is 0.435. The molecule has 0 amide bonds. The van der Waals surface area contributed by atoms with Crippen LogP contribution in [0.15, 0.2) is 52.9 Å². The second-order valence-electron chi connectivity index (χ2n) is 7.87. The number of hydrogen-bond donors (Lipinski definition) is 1. The van der Waals surface area contributed by atoms with Gasteiger partial charge in [0.1, 0.15) is 5.52 Å². The highest BCUT2D eigenvalue weighted by molar-refractivity contribution is 5.75. The van der Waals surface area contributed by atoms with Crippen LogP contribution in [0.4, 0.5) is 6.01 Å². The average Bonchev–Trinajstić information content (AvgIpc) is 3.10. The third-order valence-corrected chi connectivity index (χ3v) is 5.47. The van der Waals surface area contributed by atoms with Gasteiger partial charge >= 0.3 is 0 Å². The number of fused-ring (bicyclic) bond motifs is 1. The predicted octanol–water partition coefficient (Wildman–Crippen LogP) is 5.59. The number of rotatable bonds is 6. The fourth-order valence-corrected chi connectivity index (χ4v) is 3.83. The van der Waals surface area contributed by atoms with Crippen molar-refractivity contribution in [2.24, 2.45) is 0 Å². The Balaban J connectivity index is 1.57. The molecule has 1 aliphatic heterocycles. The van der Waals surface area contributed by atoms with E-state index in [1.165, 1.54) is 43.5 Å². The van der Waals surface area contributed by atoms with Crippen molar-refractivity contribution in [2.45, 2.75) is 45.1 Å². The number of benzene rings is 2. The van der Waals surface area contributed by atoms with Crippen LogP contribution in [-0.4, -0.2) is 29.5 Å². The Morgan fingerprint density at radius 2 is 1.78 bits per heavy atom. The van der Waals surface area contributed by atoms with E-state index in [1.54, 1.807) is 0 Å². The largest absolute Gasteiger partial charge is 0.424 e. The van der Waals surface area contributed by atoms with Crippen LogP contribution in [-0.2, 0) is 0 Å². The molecular weight excluding hydrogens is 334 g/mol. The van der Waals surface area contributed by atoms with Gasteiger partial charge in [0.05, 0.1) is 6.04 Å². The standard InChI is InChI=1S/C23H29N3O/c1-17(2)19-11-12-22-20(15-19)24-23(27-22)25-21(18-9-5-3-6-10-18)16-26-13-7-4-8-14-26/h3,5-6,9-12,15,17,21H,4,7-8,13-14,16H2,1-2H3,(H,24,25)/t21-/m0/s1. The zero-order chi connectivity index (χ0) is 18.6. The van der Waals surface area contributed by atoms with Gasteiger partial charge in [-0.05, 0) is 55.1 Å². The number of likely N-dealkylation sites (tertiary alicyclic amines) is 1. The number of oxazole rings is 1. The maximum absolute atomic E-state index is 6.00. The van der Waals surface area contributed by atoms with Crippen molar-refractivity contribution in [3.63, 3.8) is 0 Å². The van der Waals surface area contributed by atoms with Crippen LogP contribution in [0.2, 0.25) is 0 Å². The molecule has 1 fully saturated rings. The molecule has 1 aliphatic rings. The van der Waals surface area contributed by atoms with Gasteiger partial charge < -0.3 is 14.6 Å². The van der Waals surface area contributed by atoms with Crippen molar-refractivity contribution in [1.82, 2.24) is 9.88 Å². The molecule has 4 heteroatoms. The smallest absolute Gasteiger partial charge is 0.296 e. The summed E-state index contributed by atoms with van der Waals surface area (Å²) < 4.78 is 6.00. The topological polar surface area (TPSA) is 41.3 Å². The molecule has 2 heterocycles. The molecule has 0 unspecified atom stereocenters. The van der Waals surface area contributed by atoms with E-state index in [9.17, 15) is 0 Å². The molecule has 3 aromatic rings. The lowest BCUT2D eigenvalue weighted by molar-refractivity contribution is 0.220. The Morgan fingerprint density at radius 1 is 1.00 bits per heavy atom. The highest BCUT2D eigenvalue weighted by Gasteiger charge is 2.20. The summed E-state index contributed by atoms with van der Waals surface area (Å²) >= 11 is 0. The summed E-state index contributed by atoms with van der Waals surface area (Å²) in [6, 6.07) is 17.7. The first-order chi connectivity index (χ1) is 13.2. The van der Waals surface area contributed by atoms with E-state index in [0.29, 0.717) is 11.9 Å². The van der Waals surface area contributed by atoms with Crippen LogP contribution in [0, 0.1) is 0 Å². The summed E-state index contributed by atoms with van der Waals surface area (Å²) in [5, 5.41) is 3.56. The first-order valence-electron chi connectivity index (χ1n) is 10.1. The van der Waals surface area contributed by atoms with E-state index in [1.807, 2.05) is 6.07 Å². The Hall–Kier alpha value is -2.33. The second kappa shape index (κ2) is 8.13. The molecule has 0 saturated carbocycles. The van der Waals surface area contributed by atoms with Crippen LogP contribution >= 0.6 is 0 Å². The number of nitrogens with zero attached hydrogens (tertiary/aromatic N) is 2. The van der Waals surface area contributed by atoms with Gasteiger partial charge in [0.15, 0.2) is 5.58 Å². The molecular formula is C23H29N3O. The maximum Gasteiger partial charge on any atom is 0.296 e. The van der Waals surface area contributed by atoms with Gasteiger partial charge in [0.2, 0.25) is 0 Å². The molecule has 4 rings (SSSR count). The number of nitrogens with one attached hydrogen (secondary N) is 1. The lowest BCUT2D eigenvalue weighted by Crippen LogP contribution is -2.35. The summed E-state index contributed by atoms with van der Waals surface area (Å²) in [4.78, 5) is 7.27. The molecule has 1 saturated heterocycles. The van der Waals surface area contributed by atoms with Gasteiger partial charge in [-0.25, -0.2) is 0 Å². The first kappa shape index (κ1) is 18.1. The molecule has 142 valence electrons. The summed E-state index contributed by atoms with van der Waals surface area (Å²) in [5.74, 6) is 0.485. The van der Waals surface area contributed by atoms with Crippen molar-refractivity contribution in [2.75, 3.05) is 25.0 Å². The first-order valence-corrected chi connectivity index (χ1v) is 10.1. The summed E-state index contributed by atoms with van der Waals surface area (Å²) in [6.45, 7) is 7.72. The number of anilines is 1. The Morgan fingerprint density at radius 3 is 2.52 bits per heavy atom. The Bertz CT molecular complexity index is 866. The fourth-order valence-electron chi connectivity index (χ4n) is 3.83. The quantitative estimate of drug-likeness (QED) is 0.620. The van der Waals surface area contributed by atoms with Gasteiger partial charge in [-0.3, -0.25) is 0 Å². The second-order valence-corrected chi connectivity index (χ2v) is 7.87. The van der Waals surface area contributed by atoms with Crippen molar-refractivity contribution >= 4 is 17.1 Å². The van der Waals surface area contributed by atoms with Crippen LogP contribution in [0.25, 0.3) is 11.1 Å². The Labute approximate surface area is 161 Å². The van der Waals surface area contributed by atoms with Gasteiger partial charge in [0.25, 0.3) is 6.01 Å². The van der Waals surface area contributed by atoms with Crippen LogP contribution in [0.3, 0.4) is 0 Å². The Kier molecular flexibility index (Phi) is 5.44. The van der Waals surface area contributed by atoms with Crippen LogP contribution in [0.5, 0.6) is 0 Å². The van der Waals surface area contributed by atoms with E-state index in [-0.39, 0.29) is 6.04 Å². The summed E-state index contributed by atoms with van der Waals surface area (Å²) in [6.07, 6.45) is 3.94. The van der Waals surface area contributed by atoms with Crippen molar-refractivity contribution in [3.05, 3.63) is 59.7 Å². The van der Waals surface area contributed by atoms with Crippen LogP contribution in [0.1, 0.15) is 56.2 Å². The van der Waals surface area contributed by atoms with E-state index in [0.717, 1.165) is 17.6 Å². The van der Waals surface area contributed by atoms with Crippen LogP contribution < -0.4 is 5.32 Å². The average molecular weight is 364 g/mol.